The molecule has 2 rings (SSSR count). The summed E-state index contributed by atoms with van der Waals surface area (Å²) in [6.07, 6.45) is -3.11. The van der Waals surface area contributed by atoms with Gasteiger partial charge in [-0.2, -0.15) is 13.2 Å². The van der Waals surface area contributed by atoms with Crippen LogP contribution in [0.4, 0.5) is 13.2 Å². The molecule has 25 heavy (non-hydrogen) atoms. The van der Waals surface area contributed by atoms with E-state index in [1.165, 1.54) is 6.07 Å². The second-order valence-electron chi connectivity index (χ2n) is 5.65. The van der Waals surface area contributed by atoms with Crippen molar-refractivity contribution < 1.29 is 32.6 Å². The van der Waals surface area contributed by atoms with Crippen LogP contribution in [0.2, 0.25) is 0 Å². The average Bonchev–Trinajstić information content (AvgIpc) is 2.58. The molecule has 0 saturated carbocycles. The molecular formula is C15H17F3N2O4S. The highest BCUT2D eigenvalue weighted by Crippen LogP contribution is 2.31. The highest BCUT2D eigenvalue weighted by atomic mass is 32.2. The molecule has 1 aliphatic rings. The fourth-order valence-corrected chi connectivity index (χ4v) is 2.99. The van der Waals surface area contributed by atoms with E-state index in [2.05, 4.69) is 10.3 Å². The Morgan fingerprint density at radius 2 is 2.00 bits per heavy atom. The van der Waals surface area contributed by atoms with Gasteiger partial charge >= 0.3 is 12.1 Å². The average molecular weight is 378 g/mol. The number of aliphatic carboxylic acids is 1. The molecule has 2 N–H and O–H groups in total. The molecule has 0 bridgehead atoms. The summed E-state index contributed by atoms with van der Waals surface area (Å²) in [6, 6.07) is 2.09. The first-order chi connectivity index (χ1) is 11.7. The van der Waals surface area contributed by atoms with Crippen LogP contribution >= 0.6 is 11.8 Å². The van der Waals surface area contributed by atoms with E-state index < -0.39 is 29.0 Å². The van der Waals surface area contributed by atoms with Gasteiger partial charge in [0, 0.05) is 26.0 Å². The Morgan fingerprint density at radius 3 is 2.52 bits per heavy atom. The van der Waals surface area contributed by atoms with Gasteiger partial charge in [-0.15, -0.1) is 0 Å². The zero-order chi connectivity index (χ0) is 18.5. The number of carbonyl (C=O) groups is 2. The standard InChI is InChI=1S/C15H17F3N2O4S/c16-15(17,18)10-1-2-12(19-7-10)25-8-11(21)20-9-14(13(22)23)3-5-24-6-4-14/h1-2,7H,3-6,8-9H2,(H,20,21)(H,22,23). The van der Waals surface area contributed by atoms with Crippen molar-refractivity contribution in [2.24, 2.45) is 5.41 Å². The maximum Gasteiger partial charge on any atom is 0.417 e. The smallest absolute Gasteiger partial charge is 0.417 e. The van der Waals surface area contributed by atoms with Crippen LogP contribution in [0, 0.1) is 5.41 Å². The van der Waals surface area contributed by atoms with Crippen LogP contribution in [0.5, 0.6) is 0 Å². The summed E-state index contributed by atoms with van der Waals surface area (Å²) in [7, 11) is 0. The number of carboxylic acid groups (broad SMARTS) is 1. The number of pyridine rings is 1. The number of carboxylic acids is 1. The minimum atomic E-state index is -4.46. The van der Waals surface area contributed by atoms with Gasteiger partial charge in [-0.3, -0.25) is 9.59 Å². The van der Waals surface area contributed by atoms with Crippen LogP contribution < -0.4 is 5.32 Å². The van der Waals surface area contributed by atoms with E-state index in [0.717, 1.165) is 17.8 Å². The molecule has 1 fully saturated rings. The Bertz CT molecular complexity index is 616. The van der Waals surface area contributed by atoms with Crippen molar-refractivity contribution in [2.75, 3.05) is 25.5 Å². The van der Waals surface area contributed by atoms with Crippen LogP contribution in [-0.2, 0) is 20.5 Å². The molecule has 2 heterocycles. The van der Waals surface area contributed by atoms with E-state index in [1.807, 2.05) is 0 Å². The summed E-state index contributed by atoms with van der Waals surface area (Å²) in [4.78, 5) is 27.0. The minimum absolute atomic E-state index is 0.00841. The summed E-state index contributed by atoms with van der Waals surface area (Å²) >= 11 is 0.979. The predicted molar refractivity (Wildman–Crippen MR) is 83.1 cm³/mol. The number of nitrogens with zero attached hydrogens (tertiary/aromatic N) is 1. The zero-order valence-electron chi connectivity index (χ0n) is 13.1. The number of halogens is 3. The maximum absolute atomic E-state index is 12.4. The topological polar surface area (TPSA) is 88.5 Å². The minimum Gasteiger partial charge on any atom is -0.481 e. The maximum atomic E-state index is 12.4. The first kappa shape index (κ1) is 19.5. The number of aromatic nitrogens is 1. The first-order valence-corrected chi connectivity index (χ1v) is 8.45. The van der Waals surface area contributed by atoms with E-state index in [9.17, 15) is 27.9 Å². The molecule has 0 aromatic carbocycles. The Labute approximate surface area is 146 Å². The summed E-state index contributed by atoms with van der Waals surface area (Å²) in [5, 5.41) is 12.2. The lowest BCUT2D eigenvalue weighted by Crippen LogP contribution is -2.46. The van der Waals surface area contributed by atoms with Crippen molar-refractivity contribution in [1.29, 1.82) is 0 Å². The number of hydrogen-bond acceptors (Lipinski definition) is 5. The normalized spacial score (nSPS) is 17.1. The number of amides is 1. The first-order valence-electron chi connectivity index (χ1n) is 7.47. The fourth-order valence-electron chi connectivity index (χ4n) is 2.32. The van der Waals surface area contributed by atoms with Gasteiger partial charge in [0.1, 0.15) is 0 Å². The number of nitrogens with one attached hydrogen (secondary N) is 1. The van der Waals surface area contributed by atoms with E-state index >= 15 is 0 Å². The van der Waals surface area contributed by atoms with E-state index in [0.29, 0.717) is 32.3 Å². The van der Waals surface area contributed by atoms with Gasteiger partial charge in [-0.05, 0) is 25.0 Å². The van der Waals surface area contributed by atoms with E-state index in [-0.39, 0.29) is 17.3 Å². The number of hydrogen-bond donors (Lipinski definition) is 2. The Morgan fingerprint density at radius 1 is 1.32 bits per heavy atom. The summed E-state index contributed by atoms with van der Waals surface area (Å²) in [5.41, 5.74) is -1.89. The van der Waals surface area contributed by atoms with Gasteiger partial charge in [0.15, 0.2) is 0 Å². The summed E-state index contributed by atoms with van der Waals surface area (Å²) < 4.78 is 42.5. The predicted octanol–water partition coefficient (Wildman–Crippen LogP) is 2.19. The second kappa shape index (κ2) is 8.05. The van der Waals surface area contributed by atoms with Crippen LogP contribution in [0.15, 0.2) is 23.4 Å². The van der Waals surface area contributed by atoms with Crippen molar-refractivity contribution in [3.8, 4) is 0 Å². The van der Waals surface area contributed by atoms with Crippen LogP contribution in [0.1, 0.15) is 18.4 Å². The lowest BCUT2D eigenvalue weighted by atomic mass is 9.80. The monoisotopic (exact) mass is 378 g/mol. The quantitative estimate of drug-likeness (QED) is 0.738. The zero-order valence-corrected chi connectivity index (χ0v) is 14.0. The van der Waals surface area contributed by atoms with E-state index in [1.54, 1.807) is 0 Å². The number of rotatable bonds is 6. The lowest BCUT2D eigenvalue weighted by Gasteiger charge is -2.33. The Kier molecular flexibility index (Phi) is 6.28. The molecule has 0 unspecified atom stereocenters. The van der Waals surface area contributed by atoms with Crippen LogP contribution in [0.3, 0.4) is 0 Å². The highest BCUT2D eigenvalue weighted by Gasteiger charge is 2.40. The molecule has 0 spiro atoms. The van der Waals surface area contributed by atoms with Crippen LogP contribution in [0.25, 0.3) is 0 Å². The van der Waals surface area contributed by atoms with Crippen molar-refractivity contribution in [3.05, 3.63) is 23.9 Å². The number of alkyl halides is 3. The van der Waals surface area contributed by atoms with Gasteiger partial charge in [-0.25, -0.2) is 4.98 Å². The molecule has 1 aliphatic heterocycles. The Balaban J connectivity index is 1.83. The molecule has 0 aliphatic carbocycles. The highest BCUT2D eigenvalue weighted by molar-refractivity contribution is 7.99. The molecule has 0 atom stereocenters. The molecule has 1 aromatic heterocycles. The summed E-state index contributed by atoms with van der Waals surface area (Å²) in [6.45, 7) is 0.643. The molecule has 1 amide bonds. The van der Waals surface area contributed by atoms with Crippen molar-refractivity contribution >= 4 is 23.6 Å². The number of carbonyl (C=O) groups excluding carboxylic acids is 1. The number of thioether (sulfide) groups is 1. The molecule has 0 radical (unpaired) electrons. The summed E-state index contributed by atoms with van der Waals surface area (Å²) in [5.74, 6) is -1.45. The molecule has 6 nitrogen and oxygen atoms in total. The lowest BCUT2D eigenvalue weighted by molar-refractivity contribution is -0.154. The molecule has 10 heteroatoms. The van der Waals surface area contributed by atoms with Gasteiger partial charge in [0.2, 0.25) is 5.91 Å². The second-order valence-corrected chi connectivity index (χ2v) is 6.64. The van der Waals surface area contributed by atoms with Gasteiger partial charge in [0.25, 0.3) is 0 Å². The van der Waals surface area contributed by atoms with Crippen LogP contribution in [-0.4, -0.2) is 47.5 Å². The molecule has 1 saturated heterocycles. The van der Waals surface area contributed by atoms with E-state index in [4.69, 9.17) is 4.74 Å². The fraction of sp³-hybridized carbons (Fsp3) is 0.533. The third-order valence-electron chi connectivity index (χ3n) is 3.94. The van der Waals surface area contributed by atoms with Crippen molar-refractivity contribution in [1.82, 2.24) is 10.3 Å². The number of ether oxygens (including phenoxy) is 1. The largest absolute Gasteiger partial charge is 0.481 e. The third kappa shape index (κ3) is 5.33. The molecule has 138 valence electrons. The van der Waals surface area contributed by atoms with Gasteiger partial charge in [-0.1, -0.05) is 11.8 Å². The van der Waals surface area contributed by atoms with Crippen molar-refractivity contribution in [3.63, 3.8) is 0 Å². The van der Waals surface area contributed by atoms with Gasteiger partial charge < -0.3 is 15.2 Å². The third-order valence-corrected chi connectivity index (χ3v) is 4.89. The SMILES string of the molecule is O=C(CSc1ccc(C(F)(F)F)cn1)NCC1(C(=O)O)CCOCC1. The molecule has 1 aromatic rings. The van der Waals surface area contributed by atoms with Gasteiger partial charge in [0.05, 0.1) is 21.8 Å². The Hall–Kier alpha value is -1.81. The molecular weight excluding hydrogens is 361 g/mol. The van der Waals surface area contributed by atoms with Crippen molar-refractivity contribution in [2.45, 2.75) is 24.0 Å².